The Morgan fingerprint density at radius 3 is 2.46 bits per heavy atom. The molecule has 1 amide bonds. The van der Waals surface area contributed by atoms with E-state index in [4.69, 9.17) is 0 Å². The molecule has 1 aromatic carbocycles. The van der Waals surface area contributed by atoms with Crippen LogP contribution in [0.15, 0.2) is 46.1 Å². The van der Waals surface area contributed by atoms with Gasteiger partial charge in [-0.3, -0.25) is 18.7 Å². The number of rotatable bonds is 6. The number of amides is 1. The quantitative estimate of drug-likeness (QED) is 0.710. The van der Waals surface area contributed by atoms with Gasteiger partial charge >= 0.3 is 5.69 Å². The summed E-state index contributed by atoms with van der Waals surface area (Å²) < 4.78 is 2.37. The minimum absolute atomic E-state index is 0.176. The lowest BCUT2D eigenvalue weighted by Crippen LogP contribution is -2.38. The summed E-state index contributed by atoms with van der Waals surface area (Å²) in [5.74, 6) is -0.176. The lowest BCUT2D eigenvalue weighted by molar-refractivity contribution is -0.116. The van der Waals surface area contributed by atoms with Gasteiger partial charge in [-0.25, -0.2) is 9.78 Å². The van der Waals surface area contributed by atoms with Gasteiger partial charge in [-0.1, -0.05) is 43.7 Å². The smallest absolute Gasteiger partial charge is 0.325 e. The molecule has 2 aromatic heterocycles. The number of carbonyl (C=O) groups excluding carboxylic acids is 1. The third-order valence-electron chi connectivity index (χ3n) is 4.81. The second-order valence-electron chi connectivity index (χ2n) is 6.85. The summed E-state index contributed by atoms with van der Waals surface area (Å²) in [6.07, 6.45) is 4.05. The molecule has 1 N–H and O–H groups in total. The molecular weight excluding hydrogens is 356 g/mol. The first-order chi connectivity index (χ1) is 13.4. The van der Waals surface area contributed by atoms with Crippen molar-refractivity contribution >= 4 is 22.6 Å². The zero-order valence-corrected chi connectivity index (χ0v) is 16.4. The Balaban J connectivity index is 2.02. The minimum Gasteiger partial charge on any atom is -0.325 e. The van der Waals surface area contributed by atoms with Crippen LogP contribution in [0, 0.1) is 0 Å². The van der Waals surface area contributed by atoms with E-state index in [2.05, 4.69) is 10.3 Å². The lowest BCUT2D eigenvalue weighted by atomic mass is 10.1. The molecule has 0 fully saturated rings. The number of pyridine rings is 1. The van der Waals surface area contributed by atoms with Crippen LogP contribution in [-0.2, 0) is 31.7 Å². The highest BCUT2D eigenvalue weighted by Gasteiger charge is 2.18. The fourth-order valence-electron chi connectivity index (χ4n) is 3.27. The molecule has 0 saturated carbocycles. The Kier molecular flexibility index (Phi) is 5.73. The maximum atomic E-state index is 12.8. The zero-order valence-electron chi connectivity index (χ0n) is 16.4. The first kappa shape index (κ1) is 19.5. The van der Waals surface area contributed by atoms with Gasteiger partial charge in [0, 0.05) is 26.7 Å². The van der Waals surface area contributed by atoms with Crippen molar-refractivity contribution in [2.45, 2.75) is 32.6 Å². The van der Waals surface area contributed by atoms with Gasteiger partial charge in [0.05, 0.1) is 5.69 Å². The number of hydrogen-bond acceptors (Lipinski definition) is 4. The molecule has 7 nitrogen and oxygen atoms in total. The molecule has 146 valence electrons. The lowest BCUT2D eigenvalue weighted by Gasteiger charge is -2.15. The third-order valence-corrected chi connectivity index (χ3v) is 4.81. The number of carbonyl (C=O) groups is 1. The van der Waals surface area contributed by atoms with E-state index in [1.54, 1.807) is 13.2 Å². The molecule has 2 heterocycles. The Morgan fingerprint density at radius 2 is 1.79 bits per heavy atom. The van der Waals surface area contributed by atoms with Crippen molar-refractivity contribution in [3.8, 4) is 0 Å². The van der Waals surface area contributed by atoms with E-state index in [0.29, 0.717) is 24.9 Å². The average molecular weight is 380 g/mol. The van der Waals surface area contributed by atoms with Crippen LogP contribution in [0.5, 0.6) is 0 Å². The standard InChI is InChI=1S/C21H24N4O3/c1-4-8-15-13-22-19-17(20(27)25(3)21(28)24(19)2)18(15)23-16(26)12-11-14-9-6-5-7-10-14/h5-7,9-10,13H,4,8,11-12H2,1-3H3,(H,22,23,26). The van der Waals surface area contributed by atoms with E-state index in [-0.39, 0.29) is 16.9 Å². The highest BCUT2D eigenvalue weighted by Crippen LogP contribution is 2.24. The number of aromatic nitrogens is 3. The van der Waals surface area contributed by atoms with Gasteiger partial charge in [0.15, 0.2) is 5.65 Å². The highest BCUT2D eigenvalue weighted by atomic mass is 16.2. The van der Waals surface area contributed by atoms with Crippen molar-refractivity contribution < 1.29 is 4.79 Å². The number of anilines is 1. The molecule has 0 unspecified atom stereocenters. The molecule has 0 radical (unpaired) electrons. The summed E-state index contributed by atoms with van der Waals surface area (Å²) in [5.41, 5.74) is 1.69. The predicted molar refractivity (Wildman–Crippen MR) is 110 cm³/mol. The fraction of sp³-hybridized carbons (Fsp3) is 0.333. The number of nitrogens with zero attached hydrogens (tertiary/aromatic N) is 3. The Hall–Kier alpha value is -3.22. The van der Waals surface area contributed by atoms with Crippen LogP contribution in [0.3, 0.4) is 0 Å². The number of aryl methyl sites for hydroxylation is 3. The van der Waals surface area contributed by atoms with Crippen LogP contribution in [0.4, 0.5) is 5.69 Å². The third kappa shape index (κ3) is 3.74. The van der Waals surface area contributed by atoms with E-state index >= 15 is 0 Å². The first-order valence-electron chi connectivity index (χ1n) is 9.35. The van der Waals surface area contributed by atoms with Gasteiger partial charge in [0.25, 0.3) is 5.56 Å². The SMILES string of the molecule is CCCc1cnc2c(c1NC(=O)CCc1ccccc1)c(=O)n(C)c(=O)n2C. The molecule has 0 aliphatic carbocycles. The monoisotopic (exact) mass is 380 g/mol. The number of nitrogens with one attached hydrogen (secondary N) is 1. The van der Waals surface area contributed by atoms with Gasteiger partial charge in [-0.2, -0.15) is 0 Å². The number of benzene rings is 1. The molecule has 3 aromatic rings. The highest BCUT2D eigenvalue weighted by molar-refractivity contribution is 6.01. The van der Waals surface area contributed by atoms with Crippen molar-refractivity contribution in [2.75, 3.05) is 5.32 Å². The second-order valence-corrected chi connectivity index (χ2v) is 6.85. The van der Waals surface area contributed by atoms with Crippen LogP contribution in [0.2, 0.25) is 0 Å². The summed E-state index contributed by atoms with van der Waals surface area (Å²) in [6, 6.07) is 9.76. The van der Waals surface area contributed by atoms with Crippen LogP contribution in [-0.4, -0.2) is 20.0 Å². The van der Waals surface area contributed by atoms with Gasteiger partial charge in [-0.05, 0) is 24.0 Å². The zero-order chi connectivity index (χ0) is 20.3. The second kappa shape index (κ2) is 8.21. The summed E-state index contributed by atoms with van der Waals surface area (Å²) >= 11 is 0. The van der Waals surface area contributed by atoms with Crippen LogP contribution >= 0.6 is 0 Å². The molecule has 3 rings (SSSR count). The van der Waals surface area contributed by atoms with E-state index in [1.165, 1.54) is 11.6 Å². The molecule has 0 aliphatic heterocycles. The molecular formula is C21H24N4O3. The topological polar surface area (TPSA) is 86.0 Å². The maximum Gasteiger partial charge on any atom is 0.332 e. The van der Waals surface area contributed by atoms with Gasteiger partial charge in [0.2, 0.25) is 5.91 Å². The number of fused-ring (bicyclic) bond motifs is 1. The summed E-state index contributed by atoms with van der Waals surface area (Å²) in [4.78, 5) is 42.0. The molecule has 0 saturated heterocycles. The maximum absolute atomic E-state index is 12.8. The summed E-state index contributed by atoms with van der Waals surface area (Å²) in [5, 5.41) is 3.18. The normalized spacial score (nSPS) is 11.0. The summed E-state index contributed by atoms with van der Waals surface area (Å²) in [6.45, 7) is 2.02. The van der Waals surface area contributed by atoms with Crippen molar-refractivity contribution in [3.63, 3.8) is 0 Å². The molecule has 0 atom stereocenters. The van der Waals surface area contributed by atoms with E-state index < -0.39 is 11.2 Å². The Morgan fingerprint density at radius 1 is 1.07 bits per heavy atom. The average Bonchev–Trinajstić information content (AvgIpc) is 2.71. The van der Waals surface area contributed by atoms with Crippen molar-refractivity contribution in [3.05, 3.63) is 68.5 Å². The molecule has 28 heavy (non-hydrogen) atoms. The van der Waals surface area contributed by atoms with Gasteiger partial charge in [-0.15, -0.1) is 0 Å². The molecule has 7 heteroatoms. The van der Waals surface area contributed by atoms with Crippen molar-refractivity contribution in [1.82, 2.24) is 14.1 Å². The molecule has 0 bridgehead atoms. The van der Waals surface area contributed by atoms with E-state index in [0.717, 1.165) is 22.1 Å². The van der Waals surface area contributed by atoms with E-state index in [1.807, 2.05) is 37.3 Å². The van der Waals surface area contributed by atoms with Crippen LogP contribution in [0.25, 0.3) is 11.0 Å². The van der Waals surface area contributed by atoms with Crippen molar-refractivity contribution in [2.24, 2.45) is 14.1 Å². The fourth-order valence-corrected chi connectivity index (χ4v) is 3.27. The number of hydrogen-bond donors (Lipinski definition) is 1. The minimum atomic E-state index is -0.457. The van der Waals surface area contributed by atoms with Gasteiger partial charge < -0.3 is 5.32 Å². The van der Waals surface area contributed by atoms with Crippen LogP contribution < -0.4 is 16.6 Å². The van der Waals surface area contributed by atoms with Gasteiger partial charge in [0.1, 0.15) is 5.39 Å². The summed E-state index contributed by atoms with van der Waals surface area (Å²) in [7, 11) is 3.00. The Labute approximate surface area is 162 Å². The first-order valence-corrected chi connectivity index (χ1v) is 9.35. The molecule has 0 aliphatic rings. The predicted octanol–water partition coefficient (Wildman–Crippen LogP) is 2.16. The van der Waals surface area contributed by atoms with Crippen LogP contribution in [0.1, 0.15) is 30.9 Å². The molecule has 0 spiro atoms. The van der Waals surface area contributed by atoms with Crippen molar-refractivity contribution in [1.29, 1.82) is 0 Å². The largest absolute Gasteiger partial charge is 0.332 e. The Bertz CT molecular complexity index is 1130. The van der Waals surface area contributed by atoms with E-state index in [9.17, 15) is 14.4 Å².